The van der Waals surface area contributed by atoms with Gasteiger partial charge in [0.15, 0.2) is 0 Å². The summed E-state index contributed by atoms with van der Waals surface area (Å²) in [5.74, 6) is 0.766. The quantitative estimate of drug-likeness (QED) is 0.762. The van der Waals surface area contributed by atoms with E-state index in [1.807, 2.05) is 24.0 Å². The van der Waals surface area contributed by atoms with Crippen molar-refractivity contribution in [2.75, 3.05) is 31.1 Å². The Labute approximate surface area is 149 Å². The number of carbonyl (C=O) groups is 1. The van der Waals surface area contributed by atoms with Gasteiger partial charge in [-0.1, -0.05) is 17.7 Å². The molecular weight excluding hydrogens is 340 g/mol. The van der Waals surface area contributed by atoms with Gasteiger partial charge in [0, 0.05) is 42.3 Å². The number of rotatable bonds is 2. The van der Waals surface area contributed by atoms with Gasteiger partial charge in [0.1, 0.15) is 6.33 Å². The van der Waals surface area contributed by atoms with Crippen LogP contribution in [0.15, 0.2) is 30.6 Å². The number of aryl methyl sites for hydroxylation is 1. The Hall–Kier alpha value is -2.67. The molecule has 0 atom stereocenters. The highest BCUT2D eigenvalue weighted by atomic mass is 35.5. The second-order valence-corrected chi connectivity index (χ2v) is 6.50. The number of hydrogen-bond donors (Lipinski definition) is 1. The van der Waals surface area contributed by atoms with Crippen LogP contribution in [0, 0.1) is 6.92 Å². The highest BCUT2D eigenvalue weighted by Crippen LogP contribution is 2.24. The van der Waals surface area contributed by atoms with Crippen LogP contribution >= 0.6 is 11.6 Å². The fourth-order valence-electron chi connectivity index (χ4n) is 3.15. The van der Waals surface area contributed by atoms with Crippen LogP contribution in [-0.4, -0.2) is 57.2 Å². The van der Waals surface area contributed by atoms with E-state index < -0.39 is 0 Å². The zero-order valence-corrected chi connectivity index (χ0v) is 14.5. The van der Waals surface area contributed by atoms with Crippen molar-refractivity contribution in [3.8, 4) is 0 Å². The third-order valence-electron chi connectivity index (χ3n) is 4.40. The Bertz CT molecular complexity index is 913. The van der Waals surface area contributed by atoms with E-state index in [4.69, 9.17) is 11.6 Å². The summed E-state index contributed by atoms with van der Waals surface area (Å²) >= 11 is 6.06. The zero-order valence-electron chi connectivity index (χ0n) is 13.7. The van der Waals surface area contributed by atoms with Gasteiger partial charge in [-0.05, 0) is 25.1 Å². The molecule has 25 heavy (non-hydrogen) atoms. The molecule has 8 heteroatoms. The number of amides is 1. The normalized spacial score (nSPS) is 15.0. The van der Waals surface area contributed by atoms with Crippen molar-refractivity contribution in [3.63, 3.8) is 0 Å². The Kier molecular flexibility index (Phi) is 4.01. The number of nitrogens with zero attached hydrogens (tertiary/aromatic N) is 5. The third kappa shape index (κ3) is 3.02. The molecule has 2 aromatic heterocycles. The maximum absolute atomic E-state index is 13.1. The van der Waals surface area contributed by atoms with Crippen molar-refractivity contribution in [1.82, 2.24) is 25.1 Å². The maximum Gasteiger partial charge on any atom is 0.254 e. The SMILES string of the molecule is Cc1cc(C(=O)N2CCN(c3ncn[nH]3)CC2)c2ccc(Cl)cc2n1. The van der Waals surface area contributed by atoms with Crippen LogP contribution in [0.5, 0.6) is 0 Å². The molecule has 1 aliphatic rings. The van der Waals surface area contributed by atoms with Gasteiger partial charge >= 0.3 is 0 Å². The Morgan fingerprint density at radius 1 is 1.20 bits per heavy atom. The van der Waals surface area contributed by atoms with E-state index in [1.54, 1.807) is 12.1 Å². The average Bonchev–Trinajstić information content (AvgIpc) is 3.15. The number of nitrogens with one attached hydrogen (secondary N) is 1. The van der Waals surface area contributed by atoms with Crippen molar-refractivity contribution >= 4 is 34.4 Å². The molecule has 3 aromatic rings. The minimum absolute atomic E-state index is 0.0232. The van der Waals surface area contributed by atoms with Crippen LogP contribution in [0.1, 0.15) is 16.1 Å². The molecule has 0 saturated carbocycles. The molecule has 4 rings (SSSR count). The standard InChI is InChI=1S/C17H17ClN6O/c1-11-8-14(13-3-2-12(18)9-15(13)21-11)16(25)23-4-6-24(7-5-23)17-19-10-20-22-17/h2-3,8-10H,4-7H2,1H3,(H,19,20,22). The van der Waals surface area contributed by atoms with E-state index in [2.05, 4.69) is 25.1 Å². The molecule has 128 valence electrons. The number of aromatic amines is 1. The highest BCUT2D eigenvalue weighted by molar-refractivity contribution is 6.31. The maximum atomic E-state index is 13.1. The van der Waals surface area contributed by atoms with Crippen molar-refractivity contribution in [1.29, 1.82) is 0 Å². The number of benzene rings is 1. The molecule has 0 unspecified atom stereocenters. The lowest BCUT2D eigenvalue weighted by molar-refractivity contribution is 0.0748. The summed E-state index contributed by atoms with van der Waals surface area (Å²) in [5.41, 5.74) is 2.22. The van der Waals surface area contributed by atoms with Crippen molar-refractivity contribution in [2.24, 2.45) is 0 Å². The highest BCUT2D eigenvalue weighted by Gasteiger charge is 2.25. The molecule has 0 bridgehead atoms. The van der Waals surface area contributed by atoms with E-state index in [1.165, 1.54) is 6.33 Å². The molecule has 7 nitrogen and oxygen atoms in total. The summed E-state index contributed by atoms with van der Waals surface area (Å²) in [6, 6.07) is 7.30. The number of pyridine rings is 1. The second kappa shape index (κ2) is 6.33. The van der Waals surface area contributed by atoms with Crippen LogP contribution in [0.3, 0.4) is 0 Å². The van der Waals surface area contributed by atoms with Gasteiger partial charge in [0.25, 0.3) is 5.91 Å². The smallest absolute Gasteiger partial charge is 0.254 e. The van der Waals surface area contributed by atoms with Crippen molar-refractivity contribution in [2.45, 2.75) is 6.92 Å². The topological polar surface area (TPSA) is 78.0 Å². The Balaban J connectivity index is 1.58. The van der Waals surface area contributed by atoms with Crippen LogP contribution < -0.4 is 4.90 Å². The Morgan fingerprint density at radius 3 is 2.72 bits per heavy atom. The number of H-pyrrole nitrogens is 1. The molecule has 0 spiro atoms. The van der Waals surface area contributed by atoms with Crippen molar-refractivity contribution < 1.29 is 4.79 Å². The van der Waals surface area contributed by atoms with Crippen LogP contribution in [0.4, 0.5) is 5.95 Å². The number of aromatic nitrogens is 4. The number of anilines is 1. The summed E-state index contributed by atoms with van der Waals surface area (Å²) in [4.78, 5) is 25.7. The predicted octanol–water partition coefficient (Wildman–Crippen LogP) is 2.28. The molecular formula is C17H17ClN6O. The van der Waals surface area contributed by atoms with Gasteiger partial charge in [-0.2, -0.15) is 10.1 Å². The molecule has 1 fully saturated rings. The van der Waals surface area contributed by atoms with Gasteiger partial charge < -0.3 is 9.80 Å². The molecule has 1 saturated heterocycles. The summed E-state index contributed by atoms with van der Waals surface area (Å²) in [6.07, 6.45) is 1.49. The fourth-order valence-corrected chi connectivity index (χ4v) is 3.32. The summed E-state index contributed by atoms with van der Waals surface area (Å²) in [6.45, 7) is 4.59. The second-order valence-electron chi connectivity index (χ2n) is 6.06. The number of halogens is 1. The molecule has 3 heterocycles. The van der Waals surface area contributed by atoms with E-state index in [9.17, 15) is 4.79 Å². The zero-order chi connectivity index (χ0) is 17.4. The number of carbonyl (C=O) groups excluding carboxylic acids is 1. The number of fused-ring (bicyclic) bond motifs is 1. The first-order valence-electron chi connectivity index (χ1n) is 8.08. The molecule has 1 aromatic carbocycles. The first-order chi connectivity index (χ1) is 12.1. The van der Waals surface area contributed by atoms with E-state index in [-0.39, 0.29) is 5.91 Å². The van der Waals surface area contributed by atoms with E-state index in [0.29, 0.717) is 23.7 Å². The molecule has 0 radical (unpaired) electrons. The average molecular weight is 357 g/mol. The van der Waals surface area contributed by atoms with E-state index in [0.717, 1.165) is 35.6 Å². The van der Waals surface area contributed by atoms with Gasteiger partial charge in [0.2, 0.25) is 5.95 Å². The van der Waals surface area contributed by atoms with Gasteiger partial charge in [0.05, 0.1) is 11.1 Å². The number of piperazine rings is 1. The van der Waals surface area contributed by atoms with E-state index >= 15 is 0 Å². The van der Waals surface area contributed by atoms with Crippen LogP contribution in [0.25, 0.3) is 10.9 Å². The molecule has 0 aliphatic carbocycles. The third-order valence-corrected chi connectivity index (χ3v) is 4.63. The molecule has 1 amide bonds. The first kappa shape index (κ1) is 15.8. The number of hydrogen-bond acceptors (Lipinski definition) is 5. The van der Waals surface area contributed by atoms with Crippen molar-refractivity contribution in [3.05, 3.63) is 46.9 Å². The molecule has 1 N–H and O–H groups in total. The lowest BCUT2D eigenvalue weighted by Gasteiger charge is -2.34. The van der Waals surface area contributed by atoms with Crippen LogP contribution in [0.2, 0.25) is 5.02 Å². The lowest BCUT2D eigenvalue weighted by Crippen LogP contribution is -2.49. The van der Waals surface area contributed by atoms with Gasteiger partial charge in [-0.25, -0.2) is 5.10 Å². The largest absolute Gasteiger partial charge is 0.338 e. The minimum atomic E-state index is 0.0232. The molecule has 1 aliphatic heterocycles. The van der Waals surface area contributed by atoms with Gasteiger partial charge in [-0.3, -0.25) is 9.78 Å². The van der Waals surface area contributed by atoms with Gasteiger partial charge in [-0.15, -0.1) is 0 Å². The monoisotopic (exact) mass is 356 g/mol. The first-order valence-corrected chi connectivity index (χ1v) is 8.46. The lowest BCUT2D eigenvalue weighted by atomic mass is 10.1. The summed E-state index contributed by atoms with van der Waals surface area (Å²) < 4.78 is 0. The Morgan fingerprint density at radius 2 is 2.00 bits per heavy atom. The summed E-state index contributed by atoms with van der Waals surface area (Å²) in [5, 5.41) is 8.18. The predicted molar refractivity (Wildman–Crippen MR) is 96.0 cm³/mol. The summed E-state index contributed by atoms with van der Waals surface area (Å²) in [7, 11) is 0. The minimum Gasteiger partial charge on any atom is -0.338 e. The van der Waals surface area contributed by atoms with Crippen LogP contribution in [-0.2, 0) is 0 Å². The fraction of sp³-hybridized carbons (Fsp3) is 0.294.